The van der Waals surface area contributed by atoms with Gasteiger partial charge in [-0.05, 0) is 58.0 Å². The zero-order valence-electron chi connectivity index (χ0n) is 16.6. The van der Waals surface area contributed by atoms with Crippen molar-refractivity contribution in [2.45, 2.75) is 34.2 Å². The number of benzene rings is 1. The van der Waals surface area contributed by atoms with Gasteiger partial charge in [0.05, 0.1) is 12.8 Å². The van der Waals surface area contributed by atoms with E-state index in [1.807, 2.05) is 19.9 Å². The Morgan fingerprint density at radius 1 is 1.14 bits per heavy atom. The van der Waals surface area contributed by atoms with Gasteiger partial charge < -0.3 is 10.1 Å². The number of methoxy groups -OCH3 is 1. The summed E-state index contributed by atoms with van der Waals surface area (Å²) >= 11 is 0. The van der Waals surface area contributed by atoms with Crippen molar-refractivity contribution in [2.75, 3.05) is 12.4 Å². The number of anilines is 1. The molecule has 0 fully saturated rings. The zero-order valence-corrected chi connectivity index (χ0v) is 16.6. The van der Waals surface area contributed by atoms with Crippen LogP contribution in [0, 0.1) is 27.7 Å². The van der Waals surface area contributed by atoms with Crippen LogP contribution in [0.2, 0.25) is 0 Å². The molecule has 3 aromatic rings. The molecule has 0 bridgehead atoms. The van der Waals surface area contributed by atoms with Crippen molar-refractivity contribution >= 4 is 11.6 Å². The highest BCUT2D eigenvalue weighted by molar-refractivity contribution is 5.90. The molecule has 0 unspecified atom stereocenters. The highest BCUT2D eigenvalue weighted by Crippen LogP contribution is 2.15. The summed E-state index contributed by atoms with van der Waals surface area (Å²) in [5, 5.41) is 7.20. The summed E-state index contributed by atoms with van der Waals surface area (Å²) in [6.45, 7) is 7.04. The average molecular weight is 381 g/mol. The first-order valence-corrected chi connectivity index (χ1v) is 8.85. The van der Waals surface area contributed by atoms with Crippen LogP contribution >= 0.6 is 0 Å². The Balaban J connectivity index is 1.96. The Bertz CT molecular complexity index is 1080. The third-order valence-electron chi connectivity index (χ3n) is 4.49. The minimum atomic E-state index is -0.333. The fourth-order valence-electron chi connectivity index (χ4n) is 2.90. The van der Waals surface area contributed by atoms with Gasteiger partial charge in [-0.15, -0.1) is 0 Å². The van der Waals surface area contributed by atoms with Gasteiger partial charge in [-0.1, -0.05) is 0 Å². The molecule has 3 rings (SSSR count). The monoisotopic (exact) mass is 381 g/mol. The summed E-state index contributed by atoms with van der Waals surface area (Å²) < 4.78 is 8.05. The molecular formula is C20H23N5O3. The molecule has 0 radical (unpaired) electrons. The third-order valence-corrected chi connectivity index (χ3v) is 4.49. The Hall–Kier alpha value is -3.42. The molecule has 0 aliphatic carbocycles. The number of hydrogen-bond acceptors (Lipinski definition) is 5. The summed E-state index contributed by atoms with van der Waals surface area (Å²) in [4.78, 5) is 30.0. The van der Waals surface area contributed by atoms with E-state index < -0.39 is 0 Å². The minimum absolute atomic E-state index is 0.174. The lowest BCUT2D eigenvalue weighted by molar-refractivity contribution is -0.116. The van der Waals surface area contributed by atoms with Gasteiger partial charge in [0.1, 0.15) is 12.3 Å². The normalized spacial score (nSPS) is 10.8. The molecule has 1 aromatic carbocycles. The number of ether oxygens (including phenoxy) is 1. The first kappa shape index (κ1) is 19.3. The maximum Gasteiger partial charge on any atom is 0.258 e. The molecule has 8 nitrogen and oxygen atoms in total. The summed E-state index contributed by atoms with van der Waals surface area (Å²) in [5.74, 6) is 0.683. The molecule has 28 heavy (non-hydrogen) atoms. The van der Waals surface area contributed by atoms with E-state index in [1.165, 1.54) is 4.57 Å². The molecule has 146 valence electrons. The summed E-state index contributed by atoms with van der Waals surface area (Å²) in [6.07, 6.45) is 0. The lowest BCUT2D eigenvalue weighted by Crippen LogP contribution is -2.33. The maximum absolute atomic E-state index is 12.9. The first-order chi connectivity index (χ1) is 13.3. The van der Waals surface area contributed by atoms with Gasteiger partial charge in [-0.25, -0.2) is 9.67 Å². The van der Waals surface area contributed by atoms with E-state index in [0.717, 1.165) is 11.4 Å². The smallest absolute Gasteiger partial charge is 0.258 e. The van der Waals surface area contributed by atoms with Gasteiger partial charge in [0.15, 0.2) is 0 Å². The summed E-state index contributed by atoms with van der Waals surface area (Å²) in [5.41, 5.74) is 3.10. The van der Waals surface area contributed by atoms with E-state index in [-0.39, 0.29) is 18.0 Å². The highest BCUT2D eigenvalue weighted by Gasteiger charge is 2.18. The van der Waals surface area contributed by atoms with Crippen LogP contribution in [0.1, 0.15) is 22.6 Å². The van der Waals surface area contributed by atoms with E-state index in [2.05, 4.69) is 15.4 Å². The van der Waals surface area contributed by atoms with Crippen molar-refractivity contribution in [2.24, 2.45) is 0 Å². The highest BCUT2D eigenvalue weighted by atomic mass is 16.5. The van der Waals surface area contributed by atoms with Crippen molar-refractivity contribution in [3.63, 3.8) is 0 Å². The van der Waals surface area contributed by atoms with E-state index in [4.69, 9.17) is 4.74 Å². The van der Waals surface area contributed by atoms with Gasteiger partial charge in [0.25, 0.3) is 5.56 Å². The molecule has 0 saturated heterocycles. The van der Waals surface area contributed by atoms with Crippen LogP contribution in [-0.2, 0) is 11.3 Å². The van der Waals surface area contributed by atoms with Gasteiger partial charge >= 0.3 is 0 Å². The van der Waals surface area contributed by atoms with Crippen LogP contribution < -0.4 is 15.6 Å². The molecule has 2 heterocycles. The van der Waals surface area contributed by atoms with Gasteiger partial charge in [-0.3, -0.25) is 14.2 Å². The van der Waals surface area contributed by atoms with Crippen molar-refractivity contribution in [3.05, 3.63) is 63.3 Å². The van der Waals surface area contributed by atoms with Gasteiger partial charge in [0, 0.05) is 22.6 Å². The molecule has 8 heteroatoms. The molecule has 0 aliphatic heterocycles. The first-order valence-electron chi connectivity index (χ1n) is 8.85. The number of carbonyl (C=O) groups excluding carboxylic acids is 1. The zero-order chi connectivity index (χ0) is 20.4. The Morgan fingerprint density at radius 2 is 1.82 bits per heavy atom. The van der Waals surface area contributed by atoms with Crippen LogP contribution in [0.3, 0.4) is 0 Å². The number of rotatable bonds is 5. The number of aromatic nitrogens is 4. The third kappa shape index (κ3) is 3.80. The number of carbonyl (C=O) groups is 1. The number of amides is 1. The lowest BCUT2D eigenvalue weighted by atomic mass is 10.2. The lowest BCUT2D eigenvalue weighted by Gasteiger charge is -2.15. The molecule has 1 amide bonds. The van der Waals surface area contributed by atoms with Crippen LogP contribution in [0.15, 0.2) is 35.1 Å². The van der Waals surface area contributed by atoms with Gasteiger partial charge in [-0.2, -0.15) is 5.10 Å². The topological polar surface area (TPSA) is 91.0 Å². The molecule has 0 saturated carbocycles. The molecule has 0 spiro atoms. The SMILES string of the molecule is COc1ccc(NC(=O)Cn2c(-n3nc(C)cc3C)nc(C)c(C)c2=O)cc1. The molecule has 0 atom stereocenters. The fourth-order valence-corrected chi connectivity index (χ4v) is 2.90. The summed E-state index contributed by atoms with van der Waals surface area (Å²) in [6, 6.07) is 8.87. The van der Waals surface area contributed by atoms with Crippen molar-refractivity contribution in [1.29, 1.82) is 0 Å². The predicted molar refractivity (Wildman–Crippen MR) is 106 cm³/mol. The quantitative estimate of drug-likeness (QED) is 0.732. The van der Waals surface area contributed by atoms with E-state index in [1.54, 1.807) is 49.9 Å². The van der Waals surface area contributed by atoms with Crippen molar-refractivity contribution in [3.8, 4) is 11.7 Å². The second kappa shape index (κ2) is 7.67. The second-order valence-electron chi connectivity index (χ2n) is 6.63. The van der Waals surface area contributed by atoms with E-state index in [0.29, 0.717) is 28.6 Å². The van der Waals surface area contributed by atoms with Crippen molar-refractivity contribution < 1.29 is 9.53 Å². The Labute approximate surface area is 162 Å². The average Bonchev–Trinajstić information content (AvgIpc) is 3.00. The van der Waals surface area contributed by atoms with E-state index in [9.17, 15) is 9.59 Å². The standard InChI is InChI=1S/C20H23N5O3/c1-12-10-13(2)25(23-12)20-21-15(4)14(3)19(27)24(20)11-18(26)22-16-6-8-17(28-5)9-7-16/h6-10H,11H2,1-5H3,(H,22,26). The number of hydrogen-bond donors (Lipinski definition) is 1. The predicted octanol–water partition coefficient (Wildman–Crippen LogP) is 2.31. The molecule has 1 N–H and O–H groups in total. The van der Waals surface area contributed by atoms with Gasteiger partial charge in [0.2, 0.25) is 11.9 Å². The maximum atomic E-state index is 12.9. The fraction of sp³-hybridized carbons (Fsp3) is 0.300. The Kier molecular flexibility index (Phi) is 5.30. The van der Waals surface area contributed by atoms with Crippen LogP contribution in [0.25, 0.3) is 5.95 Å². The number of nitrogens with zero attached hydrogens (tertiary/aromatic N) is 4. The number of aryl methyl sites for hydroxylation is 3. The molecule has 0 aliphatic rings. The van der Waals surface area contributed by atoms with E-state index >= 15 is 0 Å². The molecule has 2 aromatic heterocycles. The van der Waals surface area contributed by atoms with Crippen LogP contribution in [0.5, 0.6) is 5.75 Å². The van der Waals surface area contributed by atoms with Crippen molar-refractivity contribution in [1.82, 2.24) is 19.3 Å². The van der Waals surface area contributed by atoms with Crippen LogP contribution in [0.4, 0.5) is 5.69 Å². The van der Waals surface area contributed by atoms with Crippen LogP contribution in [-0.4, -0.2) is 32.3 Å². The second-order valence-corrected chi connectivity index (χ2v) is 6.63. The Morgan fingerprint density at radius 3 is 2.39 bits per heavy atom. The number of nitrogens with one attached hydrogen (secondary N) is 1. The largest absolute Gasteiger partial charge is 0.497 e. The minimum Gasteiger partial charge on any atom is -0.497 e. The summed E-state index contributed by atoms with van der Waals surface area (Å²) in [7, 11) is 1.58. The molecular weight excluding hydrogens is 358 g/mol.